The van der Waals surface area contributed by atoms with Crippen LogP contribution in [0.1, 0.15) is 5.56 Å². The maximum Gasteiger partial charge on any atom is 0.345 e. The highest BCUT2D eigenvalue weighted by atomic mass is 16.5. The lowest BCUT2D eigenvalue weighted by molar-refractivity contribution is -0.145. The fourth-order valence-electron chi connectivity index (χ4n) is 2.77. The summed E-state index contributed by atoms with van der Waals surface area (Å²) in [6.07, 6.45) is -0.770. The van der Waals surface area contributed by atoms with E-state index in [-0.39, 0.29) is 6.42 Å². The number of carboxylic acid groups (broad SMARTS) is 1. The number of carboxylic acids is 1. The molecule has 0 radical (unpaired) electrons. The molecule has 0 bridgehead atoms. The number of benzene rings is 3. The van der Waals surface area contributed by atoms with Gasteiger partial charge in [0.15, 0.2) is 6.10 Å². The number of rotatable bonds is 7. The van der Waals surface area contributed by atoms with Crippen molar-refractivity contribution in [2.75, 3.05) is 7.11 Å². The van der Waals surface area contributed by atoms with Crippen molar-refractivity contribution in [3.8, 4) is 22.6 Å². The maximum atomic E-state index is 11.6. The van der Waals surface area contributed by atoms with Crippen molar-refractivity contribution in [2.45, 2.75) is 12.5 Å². The molecule has 3 rings (SSSR count). The second-order valence-corrected chi connectivity index (χ2v) is 5.85. The van der Waals surface area contributed by atoms with Crippen LogP contribution in [0.25, 0.3) is 11.1 Å². The zero-order chi connectivity index (χ0) is 18.4. The fourth-order valence-corrected chi connectivity index (χ4v) is 2.77. The molecule has 1 unspecified atom stereocenters. The van der Waals surface area contributed by atoms with E-state index in [1.807, 2.05) is 66.7 Å². The Morgan fingerprint density at radius 1 is 0.885 bits per heavy atom. The normalized spacial score (nSPS) is 11.6. The minimum Gasteiger partial charge on any atom is -0.496 e. The highest BCUT2D eigenvalue weighted by molar-refractivity contribution is 5.73. The van der Waals surface area contributed by atoms with Crippen molar-refractivity contribution in [2.24, 2.45) is 0 Å². The molecule has 3 aromatic carbocycles. The first kappa shape index (κ1) is 17.5. The molecule has 132 valence electrons. The van der Waals surface area contributed by atoms with Crippen molar-refractivity contribution in [3.63, 3.8) is 0 Å². The van der Waals surface area contributed by atoms with E-state index in [0.29, 0.717) is 11.5 Å². The van der Waals surface area contributed by atoms with Crippen molar-refractivity contribution in [1.29, 1.82) is 0 Å². The molecule has 26 heavy (non-hydrogen) atoms. The van der Waals surface area contributed by atoms with Gasteiger partial charge in [0.1, 0.15) is 11.5 Å². The lowest BCUT2D eigenvalue weighted by Gasteiger charge is -2.17. The second-order valence-electron chi connectivity index (χ2n) is 5.85. The van der Waals surface area contributed by atoms with E-state index in [1.165, 1.54) is 0 Å². The van der Waals surface area contributed by atoms with Crippen molar-refractivity contribution in [3.05, 3.63) is 84.4 Å². The Bertz CT molecular complexity index is 857. The molecule has 0 aliphatic carbocycles. The molecular weight excluding hydrogens is 328 g/mol. The van der Waals surface area contributed by atoms with Gasteiger partial charge in [-0.2, -0.15) is 0 Å². The zero-order valence-electron chi connectivity index (χ0n) is 14.5. The quantitative estimate of drug-likeness (QED) is 0.686. The number of hydrogen-bond acceptors (Lipinski definition) is 3. The standard InChI is InChI=1S/C22H20O4/c1-25-20-10-6-5-9-18(20)15-21(22(23)24)26-19-13-11-17(12-14-19)16-7-3-2-4-8-16/h2-14,21H,15H2,1H3,(H,23,24). The lowest BCUT2D eigenvalue weighted by Crippen LogP contribution is -2.29. The smallest absolute Gasteiger partial charge is 0.345 e. The molecule has 0 aliphatic rings. The van der Waals surface area contributed by atoms with Crippen LogP contribution in [0.5, 0.6) is 11.5 Å². The van der Waals surface area contributed by atoms with Crippen molar-refractivity contribution < 1.29 is 19.4 Å². The Hall–Kier alpha value is -3.27. The predicted molar refractivity (Wildman–Crippen MR) is 101 cm³/mol. The summed E-state index contributed by atoms with van der Waals surface area (Å²) in [4.78, 5) is 11.6. The first-order valence-electron chi connectivity index (χ1n) is 8.34. The third kappa shape index (κ3) is 4.22. The highest BCUT2D eigenvalue weighted by Crippen LogP contribution is 2.24. The van der Waals surface area contributed by atoms with E-state index in [9.17, 15) is 9.90 Å². The molecule has 0 spiro atoms. The molecule has 0 aliphatic heterocycles. The molecule has 1 N–H and O–H groups in total. The first-order chi connectivity index (χ1) is 12.7. The number of para-hydroxylation sites is 1. The van der Waals surface area contributed by atoms with Crippen LogP contribution in [-0.4, -0.2) is 24.3 Å². The van der Waals surface area contributed by atoms with Gasteiger partial charge < -0.3 is 14.6 Å². The summed E-state index contributed by atoms with van der Waals surface area (Å²) in [5.74, 6) is 0.164. The Labute approximate surface area is 152 Å². The van der Waals surface area contributed by atoms with Crippen LogP contribution in [0.2, 0.25) is 0 Å². The van der Waals surface area contributed by atoms with Gasteiger partial charge in [0, 0.05) is 6.42 Å². The fraction of sp³-hybridized carbons (Fsp3) is 0.136. The Balaban J connectivity index is 1.75. The molecule has 0 amide bonds. The summed E-state index contributed by atoms with van der Waals surface area (Å²) >= 11 is 0. The van der Waals surface area contributed by atoms with Gasteiger partial charge in [0.05, 0.1) is 7.11 Å². The van der Waals surface area contributed by atoms with Crippen LogP contribution in [0.4, 0.5) is 0 Å². The molecule has 0 aromatic heterocycles. The number of carbonyl (C=O) groups is 1. The van der Waals surface area contributed by atoms with Crippen LogP contribution in [-0.2, 0) is 11.2 Å². The van der Waals surface area contributed by atoms with Crippen LogP contribution in [0, 0.1) is 0 Å². The Morgan fingerprint density at radius 3 is 2.15 bits per heavy atom. The van der Waals surface area contributed by atoms with Crippen molar-refractivity contribution >= 4 is 5.97 Å². The van der Waals surface area contributed by atoms with Gasteiger partial charge in [-0.3, -0.25) is 0 Å². The molecular formula is C22H20O4. The third-order valence-corrected chi connectivity index (χ3v) is 4.11. The second kappa shape index (κ2) is 8.21. The summed E-state index contributed by atoms with van der Waals surface area (Å²) in [6.45, 7) is 0. The van der Waals surface area contributed by atoms with Crippen LogP contribution in [0.15, 0.2) is 78.9 Å². The summed E-state index contributed by atoms with van der Waals surface area (Å²) in [6, 6.07) is 24.8. The molecule has 3 aromatic rings. The van der Waals surface area contributed by atoms with Crippen LogP contribution >= 0.6 is 0 Å². The number of methoxy groups -OCH3 is 1. The molecule has 0 saturated heterocycles. The van der Waals surface area contributed by atoms with Gasteiger partial charge in [-0.15, -0.1) is 0 Å². The van der Waals surface area contributed by atoms with Gasteiger partial charge in [0.25, 0.3) is 0 Å². The average Bonchev–Trinajstić information content (AvgIpc) is 2.69. The van der Waals surface area contributed by atoms with E-state index < -0.39 is 12.1 Å². The Morgan fingerprint density at radius 2 is 1.50 bits per heavy atom. The zero-order valence-corrected chi connectivity index (χ0v) is 14.5. The van der Waals surface area contributed by atoms with Gasteiger partial charge in [0.2, 0.25) is 0 Å². The first-order valence-corrected chi connectivity index (χ1v) is 8.34. The summed E-state index contributed by atoms with van der Waals surface area (Å²) in [7, 11) is 1.57. The molecule has 0 saturated carbocycles. The average molecular weight is 348 g/mol. The molecule has 4 heteroatoms. The summed E-state index contributed by atoms with van der Waals surface area (Å²) < 4.78 is 11.0. The van der Waals surface area contributed by atoms with Crippen LogP contribution < -0.4 is 9.47 Å². The van der Waals surface area contributed by atoms with Crippen molar-refractivity contribution in [1.82, 2.24) is 0 Å². The minimum atomic E-state index is -1.01. The van der Waals surface area contributed by atoms with E-state index in [4.69, 9.17) is 9.47 Å². The lowest BCUT2D eigenvalue weighted by atomic mass is 10.1. The topological polar surface area (TPSA) is 55.8 Å². The monoisotopic (exact) mass is 348 g/mol. The maximum absolute atomic E-state index is 11.6. The van der Waals surface area contributed by atoms with E-state index in [0.717, 1.165) is 16.7 Å². The Kier molecular flexibility index (Phi) is 5.54. The van der Waals surface area contributed by atoms with Gasteiger partial charge in [-0.1, -0.05) is 60.7 Å². The molecule has 4 nitrogen and oxygen atoms in total. The largest absolute Gasteiger partial charge is 0.496 e. The van der Waals surface area contributed by atoms with E-state index >= 15 is 0 Å². The number of ether oxygens (including phenoxy) is 2. The number of hydrogen-bond donors (Lipinski definition) is 1. The van der Waals surface area contributed by atoms with E-state index in [1.54, 1.807) is 19.2 Å². The third-order valence-electron chi connectivity index (χ3n) is 4.11. The molecule has 0 heterocycles. The van der Waals surface area contributed by atoms with Crippen LogP contribution in [0.3, 0.4) is 0 Å². The molecule has 0 fully saturated rings. The minimum absolute atomic E-state index is 0.222. The molecule has 1 atom stereocenters. The summed E-state index contributed by atoms with van der Waals surface area (Å²) in [5.41, 5.74) is 2.95. The highest BCUT2D eigenvalue weighted by Gasteiger charge is 2.21. The van der Waals surface area contributed by atoms with Gasteiger partial charge in [-0.05, 0) is 34.9 Å². The number of aliphatic carboxylic acids is 1. The van der Waals surface area contributed by atoms with E-state index in [2.05, 4.69) is 0 Å². The predicted octanol–water partition coefficient (Wildman–Crippen LogP) is 4.44. The SMILES string of the molecule is COc1ccccc1CC(Oc1ccc(-c2ccccc2)cc1)C(=O)O. The van der Waals surface area contributed by atoms with Gasteiger partial charge >= 0.3 is 5.97 Å². The summed E-state index contributed by atoms with van der Waals surface area (Å²) in [5, 5.41) is 9.53. The van der Waals surface area contributed by atoms with Gasteiger partial charge in [-0.25, -0.2) is 4.79 Å².